The van der Waals surface area contributed by atoms with E-state index in [2.05, 4.69) is 16.7 Å². The number of hydrogen-bond acceptors (Lipinski definition) is 4. The van der Waals surface area contributed by atoms with Gasteiger partial charge in [-0.3, -0.25) is 9.59 Å². The average Bonchev–Trinajstić information content (AvgIpc) is 3.21. The lowest BCUT2D eigenvalue weighted by Crippen LogP contribution is -2.38. The van der Waals surface area contributed by atoms with Crippen LogP contribution in [-0.4, -0.2) is 24.6 Å². The number of rotatable bonds is 2. The lowest BCUT2D eigenvalue weighted by atomic mass is 9.92. The molecule has 0 radical (unpaired) electrons. The fourth-order valence-electron chi connectivity index (χ4n) is 3.84. The van der Waals surface area contributed by atoms with E-state index in [-0.39, 0.29) is 37.1 Å². The van der Waals surface area contributed by atoms with Crippen LogP contribution in [0.15, 0.2) is 60.7 Å². The van der Waals surface area contributed by atoms with Crippen molar-refractivity contribution in [1.29, 1.82) is 0 Å². The van der Waals surface area contributed by atoms with Crippen LogP contribution in [0.2, 0.25) is 0 Å². The molecule has 0 fully saturated rings. The Morgan fingerprint density at radius 3 is 2.47 bits per heavy atom. The molecule has 0 bridgehead atoms. The molecule has 0 unspecified atom stereocenters. The predicted molar refractivity (Wildman–Crippen MR) is 113 cm³/mol. The van der Waals surface area contributed by atoms with E-state index in [9.17, 15) is 9.59 Å². The van der Waals surface area contributed by atoms with Crippen LogP contribution >= 0.6 is 0 Å². The molecule has 2 heterocycles. The quantitative estimate of drug-likeness (QED) is 0.747. The molecule has 30 heavy (non-hydrogen) atoms. The van der Waals surface area contributed by atoms with Gasteiger partial charge in [-0.15, -0.1) is 0 Å². The Hall–Kier alpha value is -3.28. The Morgan fingerprint density at radius 2 is 1.63 bits per heavy atom. The van der Waals surface area contributed by atoms with E-state index >= 15 is 0 Å². The van der Waals surface area contributed by atoms with Gasteiger partial charge in [0.15, 0.2) is 11.5 Å². The Labute approximate surface area is 176 Å². The van der Waals surface area contributed by atoms with Gasteiger partial charge in [0.2, 0.25) is 18.6 Å². The van der Waals surface area contributed by atoms with Gasteiger partial charge in [0, 0.05) is 12.5 Å². The van der Waals surface area contributed by atoms with Gasteiger partial charge in [-0.25, -0.2) is 0 Å². The molecule has 0 saturated heterocycles. The fourth-order valence-corrected chi connectivity index (χ4v) is 3.84. The van der Waals surface area contributed by atoms with Gasteiger partial charge < -0.3 is 20.1 Å². The fraction of sp³-hybridized carbons (Fsp3) is 0.333. The van der Waals surface area contributed by atoms with Crippen LogP contribution in [-0.2, 0) is 9.59 Å². The van der Waals surface area contributed by atoms with Gasteiger partial charge in [-0.1, -0.05) is 48.6 Å². The predicted octanol–water partition coefficient (Wildman–Crippen LogP) is 3.60. The highest BCUT2D eigenvalue weighted by Gasteiger charge is 2.27. The number of ether oxygens (including phenoxy) is 2. The molecule has 0 aliphatic carbocycles. The van der Waals surface area contributed by atoms with Crippen molar-refractivity contribution in [1.82, 2.24) is 10.6 Å². The highest BCUT2D eigenvalue weighted by Crippen LogP contribution is 2.35. The minimum atomic E-state index is -0.557. The zero-order valence-electron chi connectivity index (χ0n) is 17.0. The number of carbonyl (C=O) groups is 2. The van der Waals surface area contributed by atoms with Gasteiger partial charge in [-0.05, 0) is 43.0 Å². The number of amides is 2. The first-order chi connectivity index (χ1) is 14.6. The molecule has 2 aromatic rings. The lowest BCUT2D eigenvalue weighted by molar-refractivity contribution is -0.128. The number of nitrogens with one attached hydrogen (secondary N) is 2. The summed E-state index contributed by atoms with van der Waals surface area (Å²) >= 11 is 0. The highest BCUT2D eigenvalue weighted by molar-refractivity contribution is 5.90. The molecule has 6 nitrogen and oxygen atoms in total. The molecular formula is C24H26N2O4. The maximum atomic E-state index is 13.3. The van der Waals surface area contributed by atoms with Crippen molar-refractivity contribution >= 4 is 11.8 Å². The molecule has 0 spiro atoms. The first-order valence-electron chi connectivity index (χ1n) is 10.3. The van der Waals surface area contributed by atoms with E-state index in [1.165, 1.54) is 0 Å². The minimum Gasteiger partial charge on any atom is -0.454 e. The van der Waals surface area contributed by atoms with Crippen LogP contribution in [0.4, 0.5) is 0 Å². The van der Waals surface area contributed by atoms with Crippen LogP contribution in [0.25, 0.3) is 0 Å². The zero-order chi connectivity index (χ0) is 20.9. The van der Waals surface area contributed by atoms with Crippen molar-refractivity contribution in [2.75, 3.05) is 6.79 Å². The maximum Gasteiger partial charge on any atom is 0.231 e. The summed E-state index contributed by atoms with van der Waals surface area (Å²) in [4.78, 5) is 25.9. The summed E-state index contributed by atoms with van der Waals surface area (Å²) in [6.45, 7) is 2.18. The van der Waals surface area contributed by atoms with Crippen molar-refractivity contribution in [2.24, 2.45) is 0 Å². The SMILES string of the molecule is C[C@H]1C/C=C\C[C@@H](c2ccc3c(c2)OCO3)NC(=O)[C@@H](c2ccccc2)CC(=O)N1. The summed E-state index contributed by atoms with van der Waals surface area (Å²) < 4.78 is 10.9. The zero-order valence-corrected chi connectivity index (χ0v) is 17.0. The smallest absolute Gasteiger partial charge is 0.231 e. The van der Waals surface area contributed by atoms with Gasteiger partial charge in [0.1, 0.15) is 0 Å². The van der Waals surface area contributed by atoms with E-state index in [0.717, 1.165) is 17.5 Å². The Balaban J connectivity index is 1.65. The Kier molecular flexibility index (Phi) is 6.02. The number of fused-ring (bicyclic) bond motifs is 1. The van der Waals surface area contributed by atoms with Crippen molar-refractivity contribution < 1.29 is 19.1 Å². The molecule has 0 saturated carbocycles. The molecule has 2 aromatic carbocycles. The van der Waals surface area contributed by atoms with E-state index in [0.29, 0.717) is 17.9 Å². The van der Waals surface area contributed by atoms with Crippen molar-refractivity contribution in [3.05, 3.63) is 71.8 Å². The molecule has 2 amide bonds. The van der Waals surface area contributed by atoms with Crippen LogP contribution in [0.1, 0.15) is 49.3 Å². The second-order valence-corrected chi connectivity index (χ2v) is 7.75. The summed E-state index contributed by atoms with van der Waals surface area (Å²) in [7, 11) is 0. The Morgan fingerprint density at radius 1 is 0.867 bits per heavy atom. The summed E-state index contributed by atoms with van der Waals surface area (Å²) in [5.41, 5.74) is 1.77. The molecular weight excluding hydrogens is 380 g/mol. The average molecular weight is 406 g/mol. The number of carbonyl (C=O) groups excluding carboxylic acids is 2. The highest BCUT2D eigenvalue weighted by atomic mass is 16.7. The number of benzene rings is 2. The van der Waals surface area contributed by atoms with Gasteiger partial charge in [-0.2, -0.15) is 0 Å². The topological polar surface area (TPSA) is 76.7 Å². The van der Waals surface area contributed by atoms with Crippen molar-refractivity contribution in [3.63, 3.8) is 0 Å². The van der Waals surface area contributed by atoms with Crippen LogP contribution in [0.5, 0.6) is 11.5 Å². The summed E-state index contributed by atoms with van der Waals surface area (Å²) in [5.74, 6) is 0.546. The van der Waals surface area contributed by atoms with E-state index in [1.54, 1.807) is 0 Å². The number of hydrogen-bond donors (Lipinski definition) is 2. The third-order valence-electron chi connectivity index (χ3n) is 5.46. The van der Waals surface area contributed by atoms with E-state index < -0.39 is 5.92 Å². The molecule has 0 aromatic heterocycles. The molecule has 156 valence electrons. The van der Waals surface area contributed by atoms with Gasteiger partial charge in [0.25, 0.3) is 0 Å². The normalized spacial score (nSPS) is 25.4. The van der Waals surface area contributed by atoms with Gasteiger partial charge >= 0.3 is 0 Å². The first kappa shape index (κ1) is 20.0. The van der Waals surface area contributed by atoms with Crippen LogP contribution in [0, 0.1) is 0 Å². The van der Waals surface area contributed by atoms with Crippen molar-refractivity contribution in [3.8, 4) is 11.5 Å². The van der Waals surface area contributed by atoms with Crippen LogP contribution in [0.3, 0.4) is 0 Å². The standard InChI is InChI=1S/C24H26N2O4/c1-16-7-5-6-10-20(18-11-12-21-22(13-18)30-15-29-21)26-24(28)19(14-23(27)25-16)17-8-3-2-4-9-17/h2-6,8-9,11-13,16,19-20H,7,10,14-15H2,1H3,(H,25,27)(H,26,28)/b6-5-/t16-,19+,20-/m0/s1. The first-order valence-corrected chi connectivity index (χ1v) is 10.3. The third kappa shape index (κ3) is 4.64. The molecule has 2 aliphatic rings. The van der Waals surface area contributed by atoms with E-state index in [4.69, 9.17) is 9.47 Å². The minimum absolute atomic E-state index is 0.0108. The van der Waals surface area contributed by atoms with Crippen molar-refractivity contribution in [2.45, 2.75) is 44.2 Å². The van der Waals surface area contributed by atoms with Crippen LogP contribution < -0.4 is 20.1 Å². The Bertz CT molecular complexity index is 941. The molecule has 6 heteroatoms. The summed E-state index contributed by atoms with van der Waals surface area (Å²) in [6, 6.07) is 15.0. The molecule has 2 N–H and O–H groups in total. The summed E-state index contributed by atoms with van der Waals surface area (Å²) in [6.07, 6.45) is 5.60. The maximum absolute atomic E-state index is 13.3. The largest absolute Gasteiger partial charge is 0.454 e. The second kappa shape index (κ2) is 9.03. The second-order valence-electron chi connectivity index (χ2n) is 7.75. The third-order valence-corrected chi connectivity index (χ3v) is 5.46. The lowest BCUT2D eigenvalue weighted by Gasteiger charge is -2.24. The molecule has 2 aliphatic heterocycles. The van der Waals surface area contributed by atoms with Gasteiger partial charge in [0.05, 0.1) is 12.0 Å². The molecule has 3 atom stereocenters. The van der Waals surface area contributed by atoms with E-state index in [1.807, 2.05) is 61.5 Å². The monoisotopic (exact) mass is 406 g/mol. The molecule has 4 rings (SSSR count). The summed E-state index contributed by atoms with van der Waals surface area (Å²) in [5, 5.41) is 6.14.